The molecule has 0 saturated carbocycles. The lowest BCUT2D eigenvalue weighted by atomic mass is 10.9. The van der Waals surface area contributed by atoms with E-state index in [-0.39, 0.29) is 5.97 Å². The van der Waals surface area contributed by atoms with Crippen LogP contribution in [0.1, 0.15) is 13.8 Å². The maximum Gasteiger partial charge on any atom is 0.395 e. The summed E-state index contributed by atoms with van der Waals surface area (Å²) in [6.07, 6.45) is 0. The largest absolute Gasteiger partial charge is 0.495 e. The van der Waals surface area contributed by atoms with Crippen molar-refractivity contribution in [3.05, 3.63) is 0 Å². The molecule has 60 valence electrons. The summed E-state index contributed by atoms with van der Waals surface area (Å²) in [6, 6.07) is 0. The molecule has 0 radical (unpaired) electrons. The van der Waals surface area contributed by atoms with Gasteiger partial charge in [0.15, 0.2) is 0 Å². The van der Waals surface area contributed by atoms with Crippen molar-refractivity contribution < 1.29 is 13.6 Å². The van der Waals surface area contributed by atoms with Gasteiger partial charge in [0.1, 0.15) is 0 Å². The second-order valence-corrected chi connectivity index (χ2v) is 5.72. The van der Waals surface area contributed by atoms with Gasteiger partial charge in [-0.25, -0.2) is 0 Å². The summed E-state index contributed by atoms with van der Waals surface area (Å²) in [6.45, 7) is 7.58. The van der Waals surface area contributed by atoms with Crippen molar-refractivity contribution >= 4 is 14.5 Å². The van der Waals surface area contributed by atoms with Gasteiger partial charge in [0.2, 0.25) is 0 Å². The molecule has 0 aliphatic heterocycles. The molecule has 0 amide bonds. The van der Waals surface area contributed by atoms with Gasteiger partial charge in [-0.15, -0.1) is 0 Å². The third-order valence-electron chi connectivity index (χ3n) is 0.881. The number of hydrogen-bond donors (Lipinski definition) is 0. The van der Waals surface area contributed by atoms with E-state index in [2.05, 4.69) is 0 Å². The lowest BCUT2D eigenvalue weighted by Gasteiger charge is -2.20. The molecule has 0 fully saturated rings. The second kappa shape index (κ2) is 3.73. The van der Waals surface area contributed by atoms with E-state index in [1.165, 1.54) is 6.92 Å². The fourth-order valence-electron chi connectivity index (χ4n) is 0.723. The van der Waals surface area contributed by atoms with Gasteiger partial charge in [-0.05, 0) is 20.0 Å². The Bertz CT molecular complexity index is 122. The standard InChI is InChI=1S/C6H14O3Si/c1-5-8-10(3,4)9-6(2)7/h5H2,1-4H3. The smallest absolute Gasteiger partial charge is 0.395 e. The Morgan fingerprint density at radius 3 is 2.30 bits per heavy atom. The zero-order valence-corrected chi connectivity index (χ0v) is 7.93. The lowest BCUT2D eigenvalue weighted by Crippen LogP contribution is -2.36. The van der Waals surface area contributed by atoms with Crippen molar-refractivity contribution in [3.8, 4) is 0 Å². The fourth-order valence-corrected chi connectivity index (χ4v) is 2.17. The summed E-state index contributed by atoms with van der Waals surface area (Å²) in [5, 5.41) is 0. The van der Waals surface area contributed by atoms with E-state index in [0.29, 0.717) is 6.61 Å². The van der Waals surface area contributed by atoms with E-state index in [0.717, 1.165) is 0 Å². The van der Waals surface area contributed by atoms with Gasteiger partial charge in [-0.2, -0.15) is 0 Å². The molecule has 3 nitrogen and oxygen atoms in total. The number of rotatable bonds is 3. The summed E-state index contributed by atoms with van der Waals surface area (Å²) >= 11 is 0. The monoisotopic (exact) mass is 162 g/mol. The zero-order valence-electron chi connectivity index (χ0n) is 6.93. The Balaban J connectivity index is 3.74. The predicted octanol–water partition coefficient (Wildman–Crippen LogP) is 1.29. The quantitative estimate of drug-likeness (QED) is 0.587. The highest BCUT2D eigenvalue weighted by Crippen LogP contribution is 2.05. The highest BCUT2D eigenvalue weighted by molar-refractivity contribution is 6.66. The summed E-state index contributed by atoms with van der Waals surface area (Å²) < 4.78 is 10.2. The maximum atomic E-state index is 10.5. The van der Waals surface area contributed by atoms with Gasteiger partial charge in [0.25, 0.3) is 5.97 Å². The van der Waals surface area contributed by atoms with Crippen LogP contribution in [0.4, 0.5) is 0 Å². The second-order valence-electron chi connectivity index (χ2n) is 2.43. The van der Waals surface area contributed by atoms with E-state index < -0.39 is 8.56 Å². The molecule has 0 N–H and O–H groups in total. The van der Waals surface area contributed by atoms with Crippen LogP contribution in [0.2, 0.25) is 13.1 Å². The Morgan fingerprint density at radius 2 is 2.00 bits per heavy atom. The van der Waals surface area contributed by atoms with E-state index in [9.17, 15) is 4.79 Å². The molecule has 0 unspecified atom stereocenters. The van der Waals surface area contributed by atoms with E-state index in [1.807, 2.05) is 20.0 Å². The van der Waals surface area contributed by atoms with Crippen molar-refractivity contribution in [2.75, 3.05) is 6.61 Å². The molecular formula is C6H14O3Si. The summed E-state index contributed by atoms with van der Waals surface area (Å²) in [5.74, 6) is -0.259. The van der Waals surface area contributed by atoms with Crippen LogP contribution in [-0.4, -0.2) is 21.1 Å². The molecule has 0 aromatic rings. The van der Waals surface area contributed by atoms with Crippen LogP contribution < -0.4 is 0 Å². The minimum Gasteiger partial charge on any atom is -0.495 e. The molecule has 0 rings (SSSR count). The van der Waals surface area contributed by atoms with Crippen LogP contribution >= 0.6 is 0 Å². The molecule has 0 saturated heterocycles. The Kier molecular flexibility index (Phi) is 3.60. The molecular weight excluding hydrogens is 148 g/mol. The topological polar surface area (TPSA) is 35.5 Å². The first-order chi connectivity index (χ1) is 4.48. The van der Waals surface area contributed by atoms with Gasteiger partial charge < -0.3 is 8.85 Å². The molecule has 0 aliphatic rings. The van der Waals surface area contributed by atoms with Crippen LogP contribution in [0.5, 0.6) is 0 Å². The Labute approximate surface area is 62.6 Å². The zero-order chi connectivity index (χ0) is 8.20. The molecule has 0 spiro atoms. The Morgan fingerprint density at radius 1 is 1.50 bits per heavy atom. The summed E-state index contributed by atoms with van der Waals surface area (Å²) in [4.78, 5) is 10.5. The van der Waals surface area contributed by atoms with Gasteiger partial charge in [-0.1, -0.05) is 0 Å². The number of carbonyl (C=O) groups excluding carboxylic acids is 1. The Hall–Kier alpha value is -0.353. The SMILES string of the molecule is CCO[Si](C)(C)OC(C)=O. The van der Waals surface area contributed by atoms with Gasteiger partial charge in [0.05, 0.1) is 0 Å². The first kappa shape index (κ1) is 9.65. The van der Waals surface area contributed by atoms with Crippen molar-refractivity contribution in [1.82, 2.24) is 0 Å². The van der Waals surface area contributed by atoms with E-state index >= 15 is 0 Å². The van der Waals surface area contributed by atoms with E-state index in [1.54, 1.807) is 0 Å². The molecule has 0 heterocycles. The van der Waals surface area contributed by atoms with Crippen molar-refractivity contribution in [1.29, 1.82) is 0 Å². The van der Waals surface area contributed by atoms with Crippen molar-refractivity contribution in [2.24, 2.45) is 0 Å². The highest BCUT2D eigenvalue weighted by Gasteiger charge is 2.26. The normalized spacial score (nSPS) is 11.2. The summed E-state index contributed by atoms with van der Waals surface area (Å²) in [7, 11) is -2.12. The van der Waals surface area contributed by atoms with Crippen LogP contribution in [0, 0.1) is 0 Å². The van der Waals surface area contributed by atoms with Crippen molar-refractivity contribution in [3.63, 3.8) is 0 Å². The van der Waals surface area contributed by atoms with Gasteiger partial charge in [0, 0.05) is 13.5 Å². The minimum atomic E-state index is -2.12. The van der Waals surface area contributed by atoms with Gasteiger partial charge >= 0.3 is 8.56 Å². The van der Waals surface area contributed by atoms with Crippen LogP contribution in [0.15, 0.2) is 0 Å². The van der Waals surface area contributed by atoms with Gasteiger partial charge in [-0.3, -0.25) is 4.79 Å². The van der Waals surface area contributed by atoms with Crippen LogP contribution in [0.25, 0.3) is 0 Å². The molecule has 0 bridgehead atoms. The van der Waals surface area contributed by atoms with Crippen molar-refractivity contribution in [2.45, 2.75) is 26.9 Å². The number of carbonyl (C=O) groups is 1. The molecule has 0 atom stereocenters. The maximum absolute atomic E-state index is 10.5. The third kappa shape index (κ3) is 4.52. The average Bonchev–Trinajstić information content (AvgIpc) is 1.59. The molecule has 10 heavy (non-hydrogen) atoms. The lowest BCUT2D eigenvalue weighted by molar-refractivity contribution is -0.134. The predicted molar refractivity (Wildman–Crippen MR) is 40.9 cm³/mol. The number of hydrogen-bond acceptors (Lipinski definition) is 3. The average molecular weight is 162 g/mol. The fraction of sp³-hybridized carbons (Fsp3) is 0.833. The third-order valence-corrected chi connectivity index (χ3v) is 2.64. The van der Waals surface area contributed by atoms with Crippen LogP contribution in [-0.2, 0) is 13.6 Å². The highest BCUT2D eigenvalue weighted by atomic mass is 28.4. The first-order valence-electron chi connectivity index (χ1n) is 3.31. The summed E-state index contributed by atoms with van der Waals surface area (Å²) in [5.41, 5.74) is 0. The molecule has 0 aromatic heterocycles. The molecule has 4 heteroatoms. The first-order valence-corrected chi connectivity index (χ1v) is 6.13. The minimum absolute atomic E-state index is 0.259. The van der Waals surface area contributed by atoms with Crippen LogP contribution in [0.3, 0.4) is 0 Å². The molecule has 0 aliphatic carbocycles. The molecule has 0 aromatic carbocycles. The van der Waals surface area contributed by atoms with E-state index in [4.69, 9.17) is 8.85 Å².